The number of aliphatic hydroxyl groups is 1. The predicted octanol–water partition coefficient (Wildman–Crippen LogP) is 4.39. The number of carbonyl (C=O) groups is 1. The van der Waals surface area contributed by atoms with Crippen LogP contribution in [0.5, 0.6) is 0 Å². The average Bonchev–Trinajstić information content (AvgIpc) is 3.13. The SMILES string of the molecule is CCSc1ccc(C(CO)NC(=O)c2cnc3c(c2)CN(C)C3Cc2ccccc2)cc1. The smallest absolute Gasteiger partial charge is 0.253 e. The lowest BCUT2D eigenvalue weighted by molar-refractivity contribution is 0.0915. The number of fused-ring (bicyclic) bond motifs is 1. The Labute approximate surface area is 193 Å². The zero-order chi connectivity index (χ0) is 22.5. The Hall–Kier alpha value is -2.67. The third-order valence-corrected chi connectivity index (χ3v) is 6.78. The summed E-state index contributed by atoms with van der Waals surface area (Å²) in [6, 6.07) is 20.1. The molecule has 2 unspecified atom stereocenters. The minimum atomic E-state index is -0.454. The first-order valence-corrected chi connectivity index (χ1v) is 11.9. The van der Waals surface area contributed by atoms with Gasteiger partial charge >= 0.3 is 0 Å². The van der Waals surface area contributed by atoms with Crippen molar-refractivity contribution < 1.29 is 9.90 Å². The van der Waals surface area contributed by atoms with E-state index in [2.05, 4.69) is 53.4 Å². The van der Waals surface area contributed by atoms with Crippen LogP contribution in [0.4, 0.5) is 0 Å². The molecule has 1 amide bonds. The van der Waals surface area contributed by atoms with Crippen LogP contribution in [0.2, 0.25) is 0 Å². The van der Waals surface area contributed by atoms with Crippen molar-refractivity contribution in [2.45, 2.75) is 36.9 Å². The number of hydrogen-bond acceptors (Lipinski definition) is 5. The van der Waals surface area contributed by atoms with Crippen LogP contribution in [-0.4, -0.2) is 40.3 Å². The van der Waals surface area contributed by atoms with Crippen molar-refractivity contribution >= 4 is 17.7 Å². The van der Waals surface area contributed by atoms with Gasteiger partial charge in [-0.1, -0.05) is 49.4 Å². The molecular weight excluding hydrogens is 418 g/mol. The Kier molecular flexibility index (Phi) is 7.25. The van der Waals surface area contributed by atoms with Gasteiger partial charge in [0.15, 0.2) is 0 Å². The minimum Gasteiger partial charge on any atom is -0.394 e. The van der Waals surface area contributed by atoms with Crippen molar-refractivity contribution in [3.05, 3.63) is 94.8 Å². The van der Waals surface area contributed by atoms with Gasteiger partial charge in [0.25, 0.3) is 5.91 Å². The Balaban J connectivity index is 1.47. The van der Waals surface area contributed by atoms with Gasteiger partial charge < -0.3 is 10.4 Å². The van der Waals surface area contributed by atoms with Gasteiger partial charge in [-0.2, -0.15) is 0 Å². The van der Waals surface area contributed by atoms with E-state index in [1.807, 2.05) is 36.4 Å². The lowest BCUT2D eigenvalue weighted by atomic mass is 10.0. The minimum absolute atomic E-state index is 0.160. The molecule has 2 atom stereocenters. The summed E-state index contributed by atoms with van der Waals surface area (Å²) in [6.45, 7) is 2.72. The third-order valence-electron chi connectivity index (χ3n) is 5.88. The number of rotatable bonds is 8. The summed E-state index contributed by atoms with van der Waals surface area (Å²) in [5.41, 5.74) is 4.81. The van der Waals surface area contributed by atoms with E-state index < -0.39 is 6.04 Å². The van der Waals surface area contributed by atoms with Crippen molar-refractivity contribution in [3.63, 3.8) is 0 Å². The zero-order valence-corrected chi connectivity index (χ0v) is 19.3. The van der Waals surface area contributed by atoms with Gasteiger partial charge in [0.05, 0.1) is 29.9 Å². The summed E-state index contributed by atoms with van der Waals surface area (Å²) in [7, 11) is 2.09. The van der Waals surface area contributed by atoms with E-state index in [-0.39, 0.29) is 18.6 Å². The van der Waals surface area contributed by atoms with Crippen molar-refractivity contribution in [1.29, 1.82) is 0 Å². The number of aromatic nitrogens is 1. The number of nitrogens with one attached hydrogen (secondary N) is 1. The monoisotopic (exact) mass is 447 g/mol. The number of amides is 1. The van der Waals surface area contributed by atoms with E-state index in [1.165, 1.54) is 10.5 Å². The Morgan fingerprint density at radius 1 is 1.22 bits per heavy atom. The number of thioether (sulfide) groups is 1. The van der Waals surface area contributed by atoms with Crippen LogP contribution in [0.25, 0.3) is 0 Å². The molecule has 2 heterocycles. The van der Waals surface area contributed by atoms with Gasteiger partial charge in [0.2, 0.25) is 0 Å². The summed E-state index contributed by atoms with van der Waals surface area (Å²) in [4.78, 5) is 21.1. The van der Waals surface area contributed by atoms with Crippen molar-refractivity contribution in [2.24, 2.45) is 0 Å². The molecule has 0 fully saturated rings. The number of aliphatic hydroxyl groups excluding tert-OH is 1. The van der Waals surface area contributed by atoms with Gasteiger partial charge in [-0.3, -0.25) is 14.7 Å². The first-order valence-electron chi connectivity index (χ1n) is 11.0. The van der Waals surface area contributed by atoms with E-state index in [9.17, 15) is 9.90 Å². The highest BCUT2D eigenvalue weighted by molar-refractivity contribution is 7.99. The van der Waals surface area contributed by atoms with Crippen LogP contribution in [0, 0.1) is 0 Å². The van der Waals surface area contributed by atoms with Crippen LogP contribution < -0.4 is 5.32 Å². The molecular formula is C26H29N3O2S. The molecule has 5 nitrogen and oxygen atoms in total. The topological polar surface area (TPSA) is 65.5 Å². The molecule has 4 rings (SSSR count). The maximum Gasteiger partial charge on any atom is 0.253 e. The second-order valence-corrected chi connectivity index (χ2v) is 9.44. The molecule has 0 spiro atoms. The number of nitrogens with zero attached hydrogens (tertiary/aromatic N) is 2. The Morgan fingerprint density at radius 3 is 2.66 bits per heavy atom. The summed E-state index contributed by atoms with van der Waals surface area (Å²) >= 11 is 1.76. The maximum absolute atomic E-state index is 12.9. The van der Waals surface area contributed by atoms with Crippen LogP contribution in [0.3, 0.4) is 0 Å². The quantitative estimate of drug-likeness (QED) is 0.502. The standard InChI is InChI=1S/C26H29N3O2S/c1-3-32-22-11-9-19(10-12-22)23(17-30)28-26(31)20-14-21-16-29(2)24(25(21)27-15-20)13-18-7-5-4-6-8-18/h4-12,14-15,23-24,30H,3,13,16-17H2,1-2H3,(H,28,31). The highest BCUT2D eigenvalue weighted by Gasteiger charge is 2.30. The van der Waals surface area contributed by atoms with Gasteiger partial charge in [0.1, 0.15) is 0 Å². The molecule has 3 aromatic rings. The molecule has 0 saturated carbocycles. The maximum atomic E-state index is 12.9. The van der Waals surface area contributed by atoms with Crippen molar-refractivity contribution in [3.8, 4) is 0 Å². The fraction of sp³-hybridized carbons (Fsp3) is 0.308. The largest absolute Gasteiger partial charge is 0.394 e. The molecule has 2 aromatic carbocycles. The van der Waals surface area contributed by atoms with Crippen LogP contribution in [0.15, 0.2) is 71.8 Å². The van der Waals surface area contributed by atoms with Crippen LogP contribution in [0.1, 0.15) is 51.7 Å². The van der Waals surface area contributed by atoms with Crippen molar-refractivity contribution in [2.75, 3.05) is 19.4 Å². The highest BCUT2D eigenvalue weighted by atomic mass is 32.2. The van der Waals surface area contributed by atoms with Crippen molar-refractivity contribution in [1.82, 2.24) is 15.2 Å². The molecule has 1 aromatic heterocycles. The highest BCUT2D eigenvalue weighted by Crippen LogP contribution is 2.33. The zero-order valence-electron chi connectivity index (χ0n) is 18.5. The molecule has 2 N–H and O–H groups in total. The normalized spacial score (nSPS) is 16.5. The Morgan fingerprint density at radius 2 is 1.97 bits per heavy atom. The van der Waals surface area contributed by atoms with E-state index in [1.54, 1.807) is 18.0 Å². The van der Waals surface area contributed by atoms with E-state index in [0.29, 0.717) is 5.56 Å². The summed E-state index contributed by atoms with van der Waals surface area (Å²) in [5, 5.41) is 12.8. The van der Waals surface area contributed by atoms with E-state index in [0.717, 1.165) is 35.5 Å². The van der Waals surface area contributed by atoms with E-state index in [4.69, 9.17) is 0 Å². The molecule has 0 aliphatic carbocycles. The molecule has 32 heavy (non-hydrogen) atoms. The number of carbonyl (C=O) groups excluding carboxylic acids is 1. The molecule has 1 aliphatic heterocycles. The lowest BCUT2D eigenvalue weighted by Gasteiger charge is -2.19. The number of likely N-dealkylation sites (N-methyl/N-ethyl adjacent to an activating group) is 1. The molecule has 0 radical (unpaired) electrons. The summed E-state index contributed by atoms with van der Waals surface area (Å²) in [6.07, 6.45) is 2.54. The fourth-order valence-corrected chi connectivity index (χ4v) is 4.85. The Bertz CT molecular complexity index is 1060. The van der Waals surface area contributed by atoms with Gasteiger partial charge in [-0.15, -0.1) is 11.8 Å². The molecule has 0 saturated heterocycles. The summed E-state index contributed by atoms with van der Waals surface area (Å²) in [5.74, 6) is 0.784. The first kappa shape index (κ1) is 22.5. The molecule has 166 valence electrons. The predicted molar refractivity (Wildman–Crippen MR) is 129 cm³/mol. The number of pyridine rings is 1. The molecule has 0 bridgehead atoms. The van der Waals surface area contributed by atoms with Crippen LogP contribution in [-0.2, 0) is 13.0 Å². The van der Waals surface area contributed by atoms with Crippen LogP contribution >= 0.6 is 11.8 Å². The van der Waals surface area contributed by atoms with Gasteiger partial charge in [0, 0.05) is 17.6 Å². The number of benzene rings is 2. The fourth-order valence-electron chi connectivity index (χ4n) is 4.19. The second kappa shape index (κ2) is 10.3. The number of hydrogen-bond donors (Lipinski definition) is 2. The molecule has 1 aliphatic rings. The first-order chi connectivity index (χ1) is 15.6. The van der Waals surface area contributed by atoms with Gasteiger partial charge in [-0.25, -0.2) is 0 Å². The van der Waals surface area contributed by atoms with Gasteiger partial charge in [-0.05, 0) is 54.1 Å². The van der Waals surface area contributed by atoms with E-state index >= 15 is 0 Å². The molecule has 6 heteroatoms. The lowest BCUT2D eigenvalue weighted by Crippen LogP contribution is -2.31. The summed E-state index contributed by atoms with van der Waals surface area (Å²) < 4.78 is 0. The third kappa shape index (κ3) is 5.04. The second-order valence-electron chi connectivity index (χ2n) is 8.10. The average molecular weight is 448 g/mol.